The monoisotopic (exact) mass is 412 g/mol. The first-order valence-corrected chi connectivity index (χ1v) is 8.72. The number of halogens is 1. The number of aromatic hydroxyl groups is 1. The topological polar surface area (TPSA) is 70.9 Å². The molecule has 0 heterocycles. The molecular weight excluding hydrogens is 396 g/mol. The molecule has 0 saturated heterocycles. The van der Waals surface area contributed by atoms with Crippen molar-refractivity contribution in [2.75, 3.05) is 7.11 Å². The van der Waals surface area contributed by atoms with E-state index < -0.39 is 0 Å². The van der Waals surface area contributed by atoms with E-state index in [-0.39, 0.29) is 18.1 Å². The van der Waals surface area contributed by atoms with E-state index in [9.17, 15) is 9.90 Å². The first-order chi connectivity index (χ1) is 12.6. The van der Waals surface area contributed by atoms with E-state index in [4.69, 9.17) is 4.74 Å². The molecule has 0 radical (unpaired) electrons. The van der Waals surface area contributed by atoms with Crippen LogP contribution in [0, 0.1) is 0 Å². The minimum absolute atomic E-state index is 0.105. The van der Waals surface area contributed by atoms with Gasteiger partial charge in [0.2, 0.25) is 5.91 Å². The molecule has 3 aromatic carbocycles. The highest BCUT2D eigenvalue weighted by atomic mass is 79.9. The van der Waals surface area contributed by atoms with Crippen LogP contribution in [-0.2, 0) is 11.2 Å². The van der Waals surface area contributed by atoms with Crippen molar-refractivity contribution in [1.82, 2.24) is 5.43 Å². The molecule has 0 aliphatic rings. The van der Waals surface area contributed by atoms with Crippen molar-refractivity contribution in [3.63, 3.8) is 0 Å². The molecular formula is C20H17BrN2O3. The Bertz CT molecular complexity index is 969. The molecule has 132 valence electrons. The Hall–Kier alpha value is -2.86. The summed E-state index contributed by atoms with van der Waals surface area (Å²) in [6.07, 6.45) is 1.66. The number of amides is 1. The van der Waals surface area contributed by atoms with Gasteiger partial charge in [-0.3, -0.25) is 4.79 Å². The number of ether oxygens (including phenoxy) is 1. The quantitative estimate of drug-likeness (QED) is 0.491. The highest BCUT2D eigenvalue weighted by molar-refractivity contribution is 9.10. The number of nitrogens with one attached hydrogen (secondary N) is 1. The molecule has 5 nitrogen and oxygen atoms in total. The fraction of sp³-hybridized carbons (Fsp3) is 0.100. The predicted molar refractivity (Wildman–Crippen MR) is 106 cm³/mol. The third-order valence-electron chi connectivity index (χ3n) is 3.91. The SMILES string of the molecule is COc1ccc(CC(=O)N/N=C\c2c(O)ccc3cc(Br)ccc23)cc1. The van der Waals surface area contributed by atoms with Gasteiger partial charge in [-0.05, 0) is 46.7 Å². The Kier molecular flexibility index (Phi) is 5.53. The lowest BCUT2D eigenvalue weighted by molar-refractivity contribution is -0.120. The number of carbonyl (C=O) groups is 1. The highest BCUT2D eigenvalue weighted by Gasteiger charge is 2.06. The van der Waals surface area contributed by atoms with Crippen LogP contribution in [0.15, 0.2) is 64.2 Å². The van der Waals surface area contributed by atoms with Gasteiger partial charge in [0.1, 0.15) is 11.5 Å². The Morgan fingerprint density at radius 3 is 2.69 bits per heavy atom. The molecule has 0 aliphatic carbocycles. The lowest BCUT2D eigenvalue weighted by Crippen LogP contribution is -2.19. The summed E-state index contributed by atoms with van der Waals surface area (Å²) in [5.74, 6) is 0.604. The number of hydrazone groups is 1. The second kappa shape index (κ2) is 8.01. The number of carbonyl (C=O) groups excluding carboxylic acids is 1. The first-order valence-electron chi connectivity index (χ1n) is 7.93. The lowest BCUT2D eigenvalue weighted by atomic mass is 10.0. The normalized spacial score (nSPS) is 11.0. The zero-order chi connectivity index (χ0) is 18.5. The van der Waals surface area contributed by atoms with E-state index in [0.717, 1.165) is 26.6 Å². The summed E-state index contributed by atoms with van der Waals surface area (Å²) in [6.45, 7) is 0. The van der Waals surface area contributed by atoms with Gasteiger partial charge in [-0.25, -0.2) is 5.43 Å². The number of nitrogens with zero attached hydrogens (tertiary/aromatic N) is 1. The van der Waals surface area contributed by atoms with E-state index in [1.165, 1.54) is 6.21 Å². The smallest absolute Gasteiger partial charge is 0.244 e. The maximum atomic E-state index is 12.0. The van der Waals surface area contributed by atoms with Gasteiger partial charge < -0.3 is 9.84 Å². The summed E-state index contributed by atoms with van der Waals surface area (Å²) in [7, 11) is 1.60. The van der Waals surface area contributed by atoms with Crippen molar-refractivity contribution in [2.24, 2.45) is 5.10 Å². The van der Waals surface area contributed by atoms with Gasteiger partial charge in [0.15, 0.2) is 0 Å². The van der Waals surface area contributed by atoms with Crippen LogP contribution in [0.4, 0.5) is 0 Å². The second-order valence-electron chi connectivity index (χ2n) is 5.68. The maximum absolute atomic E-state index is 12.0. The molecule has 0 aliphatic heterocycles. The molecule has 0 aromatic heterocycles. The average Bonchev–Trinajstić information content (AvgIpc) is 2.64. The Labute approximate surface area is 159 Å². The van der Waals surface area contributed by atoms with Crippen molar-refractivity contribution in [1.29, 1.82) is 0 Å². The number of rotatable bonds is 5. The molecule has 2 N–H and O–H groups in total. The summed E-state index contributed by atoms with van der Waals surface area (Å²) in [5, 5.41) is 15.9. The van der Waals surface area contributed by atoms with Crippen LogP contribution in [0.5, 0.6) is 11.5 Å². The van der Waals surface area contributed by atoms with Gasteiger partial charge in [-0.2, -0.15) is 5.10 Å². The Morgan fingerprint density at radius 1 is 1.19 bits per heavy atom. The molecule has 26 heavy (non-hydrogen) atoms. The number of hydrogen-bond donors (Lipinski definition) is 2. The van der Waals surface area contributed by atoms with Crippen LogP contribution in [0.1, 0.15) is 11.1 Å². The number of fused-ring (bicyclic) bond motifs is 1. The number of phenolic OH excluding ortho intramolecular Hbond substituents is 1. The van der Waals surface area contributed by atoms with Crippen molar-refractivity contribution in [2.45, 2.75) is 6.42 Å². The molecule has 0 bridgehead atoms. The van der Waals surface area contributed by atoms with E-state index in [1.807, 2.05) is 36.4 Å². The molecule has 0 spiro atoms. The lowest BCUT2D eigenvalue weighted by Gasteiger charge is -2.06. The summed E-state index contributed by atoms with van der Waals surface area (Å²) in [5.41, 5.74) is 3.90. The Morgan fingerprint density at radius 2 is 1.96 bits per heavy atom. The zero-order valence-corrected chi connectivity index (χ0v) is 15.7. The van der Waals surface area contributed by atoms with Crippen LogP contribution >= 0.6 is 15.9 Å². The van der Waals surface area contributed by atoms with Crippen LogP contribution in [0.2, 0.25) is 0 Å². The van der Waals surface area contributed by atoms with Crippen molar-refractivity contribution in [3.8, 4) is 11.5 Å². The molecule has 6 heteroatoms. The van der Waals surface area contributed by atoms with E-state index >= 15 is 0 Å². The summed E-state index contributed by atoms with van der Waals surface area (Å²) < 4.78 is 6.04. The van der Waals surface area contributed by atoms with Crippen LogP contribution < -0.4 is 10.2 Å². The second-order valence-corrected chi connectivity index (χ2v) is 6.60. The number of benzene rings is 3. The van der Waals surface area contributed by atoms with Crippen LogP contribution in [-0.4, -0.2) is 24.3 Å². The number of phenols is 1. The fourth-order valence-electron chi connectivity index (χ4n) is 2.59. The van der Waals surface area contributed by atoms with E-state index in [0.29, 0.717) is 5.56 Å². The number of hydrogen-bond acceptors (Lipinski definition) is 4. The van der Waals surface area contributed by atoms with Crippen molar-refractivity contribution >= 4 is 38.8 Å². The zero-order valence-electron chi connectivity index (χ0n) is 14.1. The average molecular weight is 413 g/mol. The van der Waals surface area contributed by atoms with Crippen LogP contribution in [0.25, 0.3) is 10.8 Å². The molecule has 0 fully saturated rings. The van der Waals surface area contributed by atoms with Crippen molar-refractivity contribution in [3.05, 3.63) is 70.2 Å². The van der Waals surface area contributed by atoms with E-state index in [1.54, 1.807) is 25.3 Å². The fourth-order valence-corrected chi connectivity index (χ4v) is 2.96. The largest absolute Gasteiger partial charge is 0.507 e. The molecule has 0 atom stereocenters. The standard InChI is InChI=1S/C20H17BrN2O3/c1-26-16-6-2-13(3-7-16)10-20(25)23-22-12-18-17-8-5-15(21)11-14(17)4-9-19(18)24/h2-9,11-12,24H,10H2,1H3,(H,23,25)/b22-12-. The molecule has 3 aromatic rings. The molecule has 1 amide bonds. The minimum Gasteiger partial charge on any atom is -0.507 e. The summed E-state index contributed by atoms with van der Waals surface area (Å²) in [6, 6.07) is 16.4. The van der Waals surface area contributed by atoms with Gasteiger partial charge in [0.25, 0.3) is 0 Å². The van der Waals surface area contributed by atoms with E-state index in [2.05, 4.69) is 26.5 Å². The van der Waals surface area contributed by atoms with Gasteiger partial charge in [0, 0.05) is 10.0 Å². The third kappa shape index (κ3) is 4.21. The summed E-state index contributed by atoms with van der Waals surface area (Å²) >= 11 is 3.43. The van der Waals surface area contributed by atoms with Crippen LogP contribution in [0.3, 0.4) is 0 Å². The number of methoxy groups -OCH3 is 1. The van der Waals surface area contributed by atoms with Gasteiger partial charge >= 0.3 is 0 Å². The molecule has 3 rings (SSSR count). The third-order valence-corrected chi connectivity index (χ3v) is 4.40. The predicted octanol–water partition coefficient (Wildman–Crippen LogP) is 4.01. The maximum Gasteiger partial charge on any atom is 0.244 e. The molecule has 0 saturated carbocycles. The van der Waals surface area contributed by atoms with Gasteiger partial charge in [-0.1, -0.05) is 40.2 Å². The van der Waals surface area contributed by atoms with Gasteiger partial charge in [0.05, 0.1) is 19.7 Å². The summed E-state index contributed by atoms with van der Waals surface area (Å²) in [4.78, 5) is 12.0. The van der Waals surface area contributed by atoms with Gasteiger partial charge in [-0.15, -0.1) is 0 Å². The van der Waals surface area contributed by atoms with Crippen molar-refractivity contribution < 1.29 is 14.6 Å². The minimum atomic E-state index is -0.242. The highest BCUT2D eigenvalue weighted by Crippen LogP contribution is 2.27. The molecule has 0 unspecified atom stereocenters. The Balaban J connectivity index is 1.70. The first kappa shape index (κ1) is 17.9.